The largest absolute Gasteiger partial charge is 0.292 e. The lowest BCUT2D eigenvalue weighted by Crippen LogP contribution is -2.07. The van der Waals surface area contributed by atoms with Crippen LogP contribution < -0.4 is 0 Å². The lowest BCUT2D eigenvalue weighted by Gasteiger charge is -2.00. The summed E-state index contributed by atoms with van der Waals surface area (Å²) in [5, 5.41) is 0. The van der Waals surface area contributed by atoms with E-state index in [9.17, 15) is 9.59 Å². The van der Waals surface area contributed by atoms with E-state index in [2.05, 4.69) is 9.97 Å². The number of ketones is 2. The minimum absolute atomic E-state index is 0.125. The van der Waals surface area contributed by atoms with Gasteiger partial charge in [-0.05, 0) is 24.3 Å². The SMILES string of the molecule is O=C(CCC(=O)c1ccccn1)c1ccccn1. The Kier molecular flexibility index (Phi) is 3.91. The second-order valence-corrected chi connectivity index (χ2v) is 3.78. The Labute approximate surface area is 105 Å². The van der Waals surface area contributed by atoms with Crippen LogP contribution in [-0.4, -0.2) is 21.5 Å². The monoisotopic (exact) mass is 240 g/mol. The number of carbonyl (C=O) groups is 2. The van der Waals surface area contributed by atoms with Gasteiger partial charge in [0.25, 0.3) is 0 Å². The molecule has 0 aliphatic carbocycles. The molecule has 0 N–H and O–H groups in total. The maximum Gasteiger partial charge on any atom is 0.181 e. The van der Waals surface area contributed by atoms with Crippen LogP contribution in [-0.2, 0) is 0 Å². The minimum atomic E-state index is -0.125. The Balaban J connectivity index is 1.93. The highest BCUT2D eigenvalue weighted by Crippen LogP contribution is 2.06. The maximum absolute atomic E-state index is 11.7. The fourth-order valence-corrected chi connectivity index (χ4v) is 1.54. The van der Waals surface area contributed by atoms with Crippen molar-refractivity contribution in [2.24, 2.45) is 0 Å². The molecule has 0 radical (unpaired) electrons. The summed E-state index contributed by atoms with van der Waals surface area (Å²) in [6, 6.07) is 10.3. The van der Waals surface area contributed by atoms with Crippen LogP contribution in [0, 0.1) is 0 Å². The van der Waals surface area contributed by atoms with Crippen molar-refractivity contribution in [3.63, 3.8) is 0 Å². The van der Waals surface area contributed by atoms with E-state index in [1.807, 2.05) is 0 Å². The van der Waals surface area contributed by atoms with Gasteiger partial charge in [0.2, 0.25) is 0 Å². The van der Waals surface area contributed by atoms with E-state index in [0.717, 1.165) is 0 Å². The first-order valence-corrected chi connectivity index (χ1v) is 5.66. The normalized spacial score (nSPS) is 10.0. The molecule has 0 unspecified atom stereocenters. The van der Waals surface area contributed by atoms with Gasteiger partial charge in [0.05, 0.1) is 0 Å². The Hall–Kier alpha value is -2.36. The molecule has 0 bridgehead atoms. The topological polar surface area (TPSA) is 59.9 Å². The van der Waals surface area contributed by atoms with Crippen molar-refractivity contribution in [3.05, 3.63) is 60.2 Å². The molecule has 0 fully saturated rings. The Bertz CT molecular complexity index is 487. The highest BCUT2D eigenvalue weighted by molar-refractivity contribution is 6.00. The molecule has 0 amide bonds. The van der Waals surface area contributed by atoms with Crippen LogP contribution >= 0.6 is 0 Å². The third kappa shape index (κ3) is 3.07. The molecule has 4 nitrogen and oxygen atoms in total. The van der Waals surface area contributed by atoms with Crippen LogP contribution in [0.5, 0.6) is 0 Å². The molecule has 2 aromatic heterocycles. The summed E-state index contributed by atoms with van der Waals surface area (Å²) in [5.74, 6) is -0.250. The van der Waals surface area contributed by atoms with Gasteiger partial charge in [-0.15, -0.1) is 0 Å². The summed E-state index contributed by atoms with van der Waals surface area (Å²) < 4.78 is 0. The molecule has 0 saturated carbocycles. The molecule has 90 valence electrons. The van der Waals surface area contributed by atoms with Crippen molar-refractivity contribution in [1.29, 1.82) is 0 Å². The van der Waals surface area contributed by atoms with E-state index in [0.29, 0.717) is 11.4 Å². The lowest BCUT2D eigenvalue weighted by molar-refractivity contribution is 0.0912. The lowest BCUT2D eigenvalue weighted by atomic mass is 10.1. The van der Waals surface area contributed by atoms with E-state index >= 15 is 0 Å². The molecule has 0 aliphatic rings. The van der Waals surface area contributed by atoms with Crippen molar-refractivity contribution in [2.75, 3.05) is 0 Å². The van der Waals surface area contributed by atoms with Gasteiger partial charge in [0.15, 0.2) is 11.6 Å². The molecule has 18 heavy (non-hydrogen) atoms. The fraction of sp³-hybridized carbons (Fsp3) is 0.143. The highest BCUT2D eigenvalue weighted by Gasteiger charge is 2.11. The number of rotatable bonds is 5. The van der Waals surface area contributed by atoms with Gasteiger partial charge >= 0.3 is 0 Å². The second kappa shape index (κ2) is 5.82. The van der Waals surface area contributed by atoms with Crippen molar-refractivity contribution in [1.82, 2.24) is 9.97 Å². The molecule has 0 aliphatic heterocycles. The van der Waals surface area contributed by atoms with Gasteiger partial charge in [-0.3, -0.25) is 19.6 Å². The summed E-state index contributed by atoms with van der Waals surface area (Å²) >= 11 is 0. The van der Waals surface area contributed by atoms with Crippen molar-refractivity contribution < 1.29 is 9.59 Å². The van der Waals surface area contributed by atoms with Crippen LogP contribution in [0.2, 0.25) is 0 Å². The summed E-state index contributed by atoms with van der Waals surface area (Å²) in [4.78, 5) is 31.4. The van der Waals surface area contributed by atoms with Gasteiger partial charge < -0.3 is 0 Å². The zero-order valence-corrected chi connectivity index (χ0v) is 9.74. The van der Waals surface area contributed by atoms with Gasteiger partial charge in [-0.1, -0.05) is 12.1 Å². The van der Waals surface area contributed by atoms with Gasteiger partial charge in [0.1, 0.15) is 11.4 Å². The number of hydrogen-bond donors (Lipinski definition) is 0. The minimum Gasteiger partial charge on any atom is -0.292 e. The molecular weight excluding hydrogens is 228 g/mol. The smallest absolute Gasteiger partial charge is 0.181 e. The summed E-state index contributed by atoms with van der Waals surface area (Å²) in [6.45, 7) is 0. The molecule has 4 heteroatoms. The zero-order valence-electron chi connectivity index (χ0n) is 9.74. The standard InChI is InChI=1S/C14H12N2O2/c17-13(11-5-1-3-9-15-11)7-8-14(18)12-6-2-4-10-16-12/h1-6,9-10H,7-8H2. The van der Waals surface area contributed by atoms with E-state index < -0.39 is 0 Å². The van der Waals surface area contributed by atoms with Crippen molar-refractivity contribution in [2.45, 2.75) is 12.8 Å². The van der Waals surface area contributed by atoms with E-state index in [1.165, 1.54) is 0 Å². The quantitative estimate of drug-likeness (QED) is 0.752. The van der Waals surface area contributed by atoms with Crippen molar-refractivity contribution >= 4 is 11.6 Å². The number of Topliss-reactive ketones (excluding diaryl/α,β-unsaturated/α-hetero) is 2. The van der Waals surface area contributed by atoms with Crippen LogP contribution in [0.3, 0.4) is 0 Å². The average molecular weight is 240 g/mol. The Morgan fingerprint density at radius 2 is 1.22 bits per heavy atom. The molecule has 0 spiro atoms. The van der Waals surface area contributed by atoms with Crippen LogP contribution in [0.1, 0.15) is 33.8 Å². The number of carbonyl (C=O) groups excluding carboxylic acids is 2. The predicted molar refractivity (Wildman–Crippen MR) is 66.4 cm³/mol. The third-order valence-corrected chi connectivity index (χ3v) is 2.48. The summed E-state index contributed by atoms with van der Waals surface area (Å²) in [5.41, 5.74) is 0.789. The molecule has 0 aromatic carbocycles. The number of pyridine rings is 2. The molecule has 0 saturated heterocycles. The molecule has 2 heterocycles. The van der Waals surface area contributed by atoms with Crippen molar-refractivity contribution in [3.8, 4) is 0 Å². The Morgan fingerprint density at radius 3 is 1.56 bits per heavy atom. The van der Waals surface area contributed by atoms with Crippen LogP contribution in [0.15, 0.2) is 48.8 Å². The molecule has 2 aromatic rings. The van der Waals surface area contributed by atoms with Crippen LogP contribution in [0.25, 0.3) is 0 Å². The fourth-order valence-electron chi connectivity index (χ4n) is 1.54. The second-order valence-electron chi connectivity index (χ2n) is 3.78. The van der Waals surface area contributed by atoms with E-state index in [1.54, 1.807) is 48.8 Å². The molecule has 0 atom stereocenters. The van der Waals surface area contributed by atoms with E-state index in [4.69, 9.17) is 0 Å². The summed E-state index contributed by atoms with van der Waals surface area (Å²) in [7, 11) is 0. The molecular formula is C14H12N2O2. The maximum atomic E-state index is 11.7. The van der Waals surface area contributed by atoms with Gasteiger partial charge in [-0.25, -0.2) is 0 Å². The number of hydrogen-bond acceptors (Lipinski definition) is 4. The number of aromatic nitrogens is 2. The van der Waals surface area contributed by atoms with E-state index in [-0.39, 0.29) is 24.4 Å². The first-order valence-electron chi connectivity index (χ1n) is 5.66. The number of nitrogens with zero attached hydrogens (tertiary/aromatic N) is 2. The average Bonchev–Trinajstić information content (AvgIpc) is 2.46. The van der Waals surface area contributed by atoms with Crippen LogP contribution in [0.4, 0.5) is 0 Å². The highest BCUT2D eigenvalue weighted by atomic mass is 16.1. The van der Waals surface area contributed by atoms with Gasteiger partial charge in [-0.2, -0.15) is 0 Å². The van der Waals surface area contributed by atoms with Gasteiger partial charge in [0, 0.05) is 25.2 Å². The predicted octanol–water partition coefficient (Wildman–Crippen LogP) is 2.32. The third-order valence-electron chi connectivity index (χ3n) is 2.48. The molecule has 2 rings (SSSR count). The Morgan fingerprint density at radius 1 is 0.778 bits per heavy atom. The summed E-state index contributed by atoms with van der Waals surface area (Å²) in [6.07, 6.45) is 3.44. The zero-order chi connectivity index (χ0) is 12.8. The first kappa shape index (κ1) is 12.1. The first-order chi connectivity index (χ1) is 8.77.